The molecule has 1 fully saturated rings. The third-order valence-corrected chi connectivity index (χ3v) is 4.76. The maximum atomic E-state index is 5.48. The molecule has 3 heterocycles. The van der Waals surface area contributed by atoms with Gasteiger partial charge < -0.3 is 19.4 Å². The number of piperidine rings is 1. The summed E-state index contributed by atoms with van der Waals surface area (Å²) in [6.07, 6.45) is 6.01. The van der Waals surface area contributed by atoms with Gasteiger partial charge in [-0.25, -0.2) is 4.98 Å². The Bertz CT molecular complexity index is 651. The van der Waals surface area contributed by atoms with Crippen molar-refractivity contribution in [3.8, 4) is 11.5 Å². The lowest BCUT2D eigenvalue weighted by atomic mass is 10.0. The smallest absolute Gasteiger partial charge is 0.231 e. The van der Waals surface area contributed by atoms with E-state index in [1.807, 2.05) is 18.5 Å². The lowest BCUT2D eigenvalue weighted by Crippen LogP contribution is -2.43. The summed E-state index contributed by atoms with van der Waals surface area (Å²) in [4.78, 5) is 12.3. The molecule has 0 bridgehead atoms. The maximum absolute atomic E-state index is 5.48. The molecule has 0 radical (unpaired) electrons. The Kier molecular flexibility index (Phi) is 3.83. The molecule has 6 heteroatoms. The molecule has 0 saturated carbocycles. The number of nitrogens with zero attached hydrogens (tertiary/aromatic N) is 3. The van der Waals surface area contributed by atoms with Crippen LogP contribution in [0.3, 0.4) is 0 Å². The Hall–Kier alpha value is -2.21. The number of aromatic amines is 1. The van der Waals surface area contributed by atoms with Crippen LogP contribution in [0.25, 0.3) is 0 Å². The van der Waals surface area contributed by atoms with E-state index < -0.39 is 0 Å². The zero-order valence-electron chi connectivity index (χ0n) is 13.4. The number of ether oxygens (including phenoxy) is 2. The van der Waals surface area contributed by atoms with Crippen LogP contribution in [0.4, 0.5) is 5.69 Å². The van der Waals surface area contributed by atoms with Gasteiger partial charge in [-0.05, 0) is 32.0 Å². The Balaban J connectivity index is 1.35. The van der Waals surface area contributed by atoms with Crippen molar-refractivity contribution in [2.45, 2.75) is 25.4 Å². The normalized spacial score (nSPS) is 17.9. The standard InChI is InChI=1S/C17H22N4O2/c1-20(11-17-18-6-7-19-17)13-4-8-21(9-5-13)14-2-3-15-16(10-14)23-12-22-15/h2-3,6-7,10,13H,4-5,8-9,11-12H2,1H3,(H,18,19). The molecule has 0 aliphatic carbocycles. The van der Waals surface area contributed by atoms with Gasteiger partial charge in [0.25, 0.3) is 0 Å². The van der Waals surface area contributed by atoms with Crippen molar-refractivity contribution >= 4 is 5.69 Å². The lowest BCUT2D eigenvalue weighted by Gasteiger charge is -2.37. The van der Waals surface area contributed by atoms with Crippen molar-refractivity contribution in [3.63, 3.8) is 0 Å². The summed E-state index contributed by atoms with van der Waals surface area (Å²) < 4.78 is 10.9. The van der Waals surface area contributed by atoms with E-state index in [0.717, 1.165) is 49.8 Å². The van der Waals surface area contributed by atoms with Gasteiger partial charge in [-0.3, -0.25) is 4.90 Å². The first-order valence-corrected chi connectivity index (χ1v) is 8.13. The minimum Gasteiger partial charge on any atom is -0.454 e. The molecule has 0 spiro atoms. The first-order valence-electron chi connectivity index (χ1n) is 8.13. The third-order valence-electron chi connectivity index (χ3n) is 4.76. The Morgan fingerprint density at radius 3 is 2.87 bits per heavy atom. The van der Waals surface area contributed by atoms with Crippen LogP contribution in [0, 0.1) is 0 Å². The number of imidazole rings is 1. The average molecular weight is 314 g/mol. The molecule has 0 unspecified atom stereocenters. The third kappa shape index (κ3) is 2.99. The van der Waals surface area contributed by atoms with Gasteiger partial charge in [0.05, 0.1) is 6.54 Å². The van der Waals surface area contributed by atoms with Gasteiger partial charge in [0, 0.05) is 43.3 Å². The van der Waals surface area contributed by atoms with Crippen LogP contribution in [-0.4, -0.2) is 47.8 Å². The number of anilines is 1. The quantitative estimate of drug-likeness (QED) is 0.938. The van der Waals surface area contributed by atoms with Crippen LogP contribution in [0.2, 0.25) is 0 Å². The number of hydrogen-bond donors (Lipinski definition) is 1. The summed E-state index contributed by atoms with van der Waals surface area (Å²) in [7, 11) is 2.18. The largest absolute Gasteiger partial charge is 0.454 e. The second kappa shape index (κ2) is 6.12. The Morgan fingerprint density at radius 1 is 1.26 bits per heavy atom. The van der Waals surface area contributed by atoms with E-state index in [4.69, 9.17) is 9.47 Å². The van der Waals surface area contributed by atoms with Gasteiger partial charge in [-0.2, -0.15) is 0 Å². The zero-order chi connectivity index (χ0) is 15.6. The fourth-order valence-electron chi connectivity index (χ4n) is 3.40. The Labute approximate surface area is 136 Å². The molecule has 1 N–H and O–H groups in total. The van der Waals surface area contributed by atoms with Gasteiger partial charge in [0.1, 0.15) is 5.82 Å². The summed E-state index contributed by atoms with van der Waals surface area (Å²) >= 11 is 0. The van der Waals surface area contributed by atoms with Crippen molar-refractivity contribution in [2.24, 2.45) is 0 Å². The van der Waals surface area contributed by atoms with E-state index in [0.29, 0.717) is 12.8 Å². The highest BCUT2D eigenvalue weighted by atomic mass is 16.7. The van der Waals surface area contributed by atoms with E-state index in [1.54, 1.807) is 0 Å². The van der Waals surface area contributed by atoms with E-state index in [2.05, 4.69) is 38.9 Å². The average Bonchev–Trinajstić information content (AvgIpc) is 3.25. The van der Waals surface area contributed by atoms with Crippen molar-refractivity contribution in [1.29, 1.82) is 0 Å². The number of fused-ring (bicyclic) bond motifs is 1. The van der Waals surface area contributed by atoms with Gasteiger partial charge in [0.15, 0.2) is 11.5 Å². The fourth-order valence-corrected chi connectivity index (χ4v) is 3.40. The van der Waals surface area contributed by atoms with Gasteiger partial charge in [0.2, 0.25) is 6.79 Å². The fraction of sp³-hybridized carbons (Fsp3) is 0.471. The molecular formula is C17H22N4O2. The minimum absolute atomic E-state index is 0.332. The second-order valence-electron chi connectivity index (χ2n) is 6.21. The lowest BCUT2D eigenvalue weighted by molar-refractivity contribution is 0.174. The van der Waals surface area contributed by atoms with E-state index in [1.165, 1.54) is 5.69 Å². The van der Waals surface area contributed by atoms with Crippen molar-refractivity contribution in [3.05, 3.63) is 36.4 Å². The maximum Gasteiger partial charge on any atom is 0.231 e. The molecule has 23 heavy (non-hydrogen) atoms. The van der Waals surface area contributed by atoms with Crippen molar-refractivity contribution < 1.29 is 9.47 Å². The van der Waals surface area contributed by atoms with Crippen molar-refractivity contribution in [2.75, 3.05) is 31.8 Å². The van der Waals surface area contributed by atoms with Crippen molar-refractivity contribution in [1.82, 2.24) is 14.9 Å². The van der Waals surface area contributed by atoms with Crippen LogP contribution >= 0.6 is 0 Å². The number of H-pyrrole nitrogens is 1. The molecular weight excluding hydrogens is 292 g/mol. The summed E-state index contributed by atoms with van der Waals surface area (Å²) in [6, 6.07) is 6.83. The summed E-state index contributed by atoms with van der Waals surface area (Å²) in [5.74, 6) is 2.74. The van der Waals surface area contributed by atoms with Gasteiger partial charge in [-0.1, -0.05) is 0 Å². The number of benzene rings is 1. The first kappa shape index (κ1) is 14.4. The van der Waals surface area contributed by atoms with Crippen LogP contribution in [0.5, 0.6) is 11.5 Å². The molecule has 1 aromatic heterocycles. The molecule has 0 amide bonds. The highest BCUT2D eigenvalue weighted by Crippen LogP contribution is 2.36. The highest BCUT2D eigenvalue weighted by Gasteiger charge is 2.24. The minimum atomic E-state index is 0.332. The summed E-state index contributed by atoms with van der Waals surface area (Å²) in [5, 5.41) is 0. The van der Waals surface area contributed by atoms with Crippen LogP contribution in [0.15, 0.2) is 30.6 Å². The molecule has 6 nitrogen and oxygen atoms in total. The number of hydrogen-bond acceptors (Lipinski definition) is 5. The molecule has 0 atom stereocenters. The zero-order valence-corrected chi connectivity index (χ0v) is 13.4. The van der Waals surface area contributed by atoms with Gasteiger partial charge >= 0.3 is 0 Å². The van der Waals surface area contributed by atoms with Crippen LogP contribution < -0.4 is 14.4 Å². The predicted molar refractivity (Wildman–Crippen MR) is 87.9 cm³/mol. The second-order valence-corrected chi connectivity index (χ2v) is 6.21. The SMILES string of the molecule is CN(Cc1ncc[nH]1)C1CCN(c2ccc3c(c2)OCO3)CC1. The predicted octanol–water partition coefficient (Wildman–Crippen LogP) is 2.24. The van der Waals surface area contributed by atoms with E-state index >= 15 is 0 Å². The summed E-state index contributed by atoms with van der Waals surface area (Å²) in [5.41, 5.74) is 1.22. The van der Waals surface area contributed by atoms with Gasteiger partial charge in [-0.15, -0.1) is 0 Å². The molecule has 2 aromatic rings. The number of rotatable bonds is 4. The van der Waals surface area contributed by atoms with E-state index in [9.17, 15) is 0 Å². The molecule has 2 aliphatic heterocycles. The molecule has 1 aromatic carbocycles. The number of aromatic nitrogens is 2. The molecule has 122 valence electrons. The number of nitrogens with one attached hydrogen (secondary N) is 1. The molecule has 4 rings (SSSR count). The molecule has 2 aliphatic rings. The highest BCUT2D eigenvalue weighted by molar-refractivity contribution is 5.57. The van der Waals surface area contributed by atoms with Crippen LogP contribution in [0.1, 0.15) is 18.7 Å². The first-order chi connectivity index (χ1) is 11.3. The monoisotopic (exact) mass is 314 g/mol. The molecule has 1 saturated heterocycles. The van der Waals surface area contributed by atoms with Crippen LogP contribution in [-0.2, 0) is 6.54 Å². The summed E-state index contributed by atoms with van der Waals surface area (Å²) in [6.45, 7) is 3.33. The van der Waals surface area contributed by atoms with E-state index in [-0.39, 0.29) is 0 Å². The topological polar surface area (TPSA) is 53.6 Å². The Morgan fingerprint density at radius 2 is 2.09 bits per heavy atom.